The highest BCUT2D eigenvalue weighted by molar-refractivity contribution is 7.47. The van der Waals surface area contributed by atoms with Gasteiger partial charge >= 0.3 is 7.82 Å². The van der Waals surface area contributed by atoms with Crippen molar-refractivity contribution in [2.24, 2.45) is 0 Å². The second kappa shape index (κ2) is 18.2. The molecule has 0 bridgehead atoms. The summed E-state index contributed by atoms with van der Waals surface area (Å²) in [5.41, 5.74) is 3.28. The molecule has 1 heterocycles. The maximum Gasteiger partial charge on any atom is 0.472 e. The molecule has 0 saturated heterocycles. The Kier molecular flexibility index (Phi) is 16.9. The topological polar surface area (TPSA) is 59.6 Å². The Morgan fingerprint density at radius 3 is 1.81 bits per heavy atom. The molecule has 182 valence electrons. The van der Waals surface area contributed by atoms with Crippen LogP contribution in [0.15, 0.2) is 5.51 Å². The van der Waals surface area contributed by atoms with Gasteiger partial charge in [0.1, 0.15) is 6.54 Å². The van der Waals surface area contributed by atoms with E-state index in [4.69, 9.17) is 9.05 Å². The van der Waals surface area contributed by atoms with Crippen LogP contribution in [-0.4, -0.2) is 18.1 Å². The number of phosphoric acid groups is 1. The highest BCUT2D eigenvalue weighted by Gasteiger charge is 2.21. The van der Waals surface area contributed by atoms with Crippen molar-refractivity contribution in [2.45, 2.75) is 124 Å². The van der Waals surface area contributed by atoms with Gasteiger partial charge in [-0.25, -0.2) is 4.57 Å². The summed E-state index contributed by atoms with van der Waals surface area (Å²) < 4.78 is 24.4. The van der Waals surface area contributed by atoms with Crippen LogP contribution in [0.4, 0.5) is 0 Å². The lowest BCUT2D eigenvalue weighted by Gasteiger charge is -2.11. The number of unbranched alkanes of at least 4 members (excludes halogenated alkanes) is 13. The van der Waals surface area contributed by atoms with Crippen LogP contribution in [0.5, 0.6) is 0 Å². The van der Waals surface area contributed by atoms with Gasteiger partial charge in [-0.2, -0.15) is 4.57 Å². The average molecular weight is 477 g/mol. The summed E-state index contributed by atoms with van der Waals surface area (Å²) >= 11 is 1.66. The van der Waals surface area contributed by atoms with E-state index in [2.05, 4.69) is 30.8 Å². The average Bonchev–Trinajstić information content (AvgIpc) is 3.10. The fourth-order valence-corrected chi connectivity index (χ4v) is 5.58. The van der Waals surface area contributed by atoms with Crippen molar-refractivity contribution >= 4 is 19.2 Å². The Labute approximate surface area is 195 Å². The van der Waals surface area contributed by atoms with Crippen molar-refractivity contribution < 1.29 is 23.1 Å². The summed E-state index contributed by atoms with van der Waals surface area (Å²) in [7, 11) is -3.93. The van der Waals surface area contributed by atoms with E-state index in [0.29, 0.717) is 13.0 Å². The second-order valence-corrected chi connectivity index (χ2v) is 10.9. The van der Waals surface area contributed by atoms with Crippen LogP contribution in [0.1, 0.15) is 114 Å². The lowest BCUT2D eigenvalue weighted by molar-refractivity contribution is -0.694. The zero-order valence-corrected chi connectivity index (χ0v) is 22.0. The van der Waals surface area contributed by atoms with E-state index < -0.39 is 7.82 Å². The lowest BCUT2D eigenvalue weighted by atomic mass is 10.0. The van der Waals surface area contributed by atoms with Gasteiger partial charge in [-0.3, -0.25) is 9.05 Å². The summed E-state index contributed by atoms with van der Waals surface area (Å²) in [5, 5.41) is 0. The SMILES string of the molecule is CCCCCCCCCCCCCCCCOP(=O)(O)OCCc1sc[n+](CC)c1C. The first-order chi connectivity index (χ1) is 15.0. The molecule has 0 amide bonds. The maximum atomic E-state index is 12.0. The molecule has 1 atom stereocenters. The number of aromatic nitrogens is 1. The van der Waals surface area contributed by atoms with Gasteiger partial charge in [0.25, 0.3) is 0 Å². The number of aryl methyl sites for hydroxylation is 1. The van der Waals surface area contributed by atoms with Crippen LogP contribution < -0.4 is 4.57 Å². The van der Waals surface area contributed by atoms with Crippen molar-refractivity contribution in [1.29, 1.82) is 0 Å². The van der Waals surface area contributed by atoms with E-state index in [1.165, 1.54) is 87.6 Å². The fraction of sp³-hybridized carbons (Fsp3) is 0.875. The minimum Gasteiger partial charge on any atom is -0.302 e. The molecule has 1 rings (SSSR count). The Hall–Kier alpha value is -0.260. The number of hydrogen-bond acceptors (Lipinski definition) is 4. The number of hydrogen-bond donors (Lipinski definition) is 1. The summed E-state index contributed by atoms with van der Waals surface area (Å²) in [6.45, 7) is 7.87. The molecule has 0 spiro atoms. The molecule has 0 saturated carbocycles. The van der Waals surface area contributed by atoms with Gasteiger partial charge in [0.2, 0.25) is 5.51 Å². The third-order valence-corrected chi connectivity index (χ3v) is 7.99. The summed E-state index contributed by atoms with van der Waals surface area (Å²) in [4.78, 5) is 11.0. The molecule has 0 fully saturated rings. The van der Waals surface area contributed by atoms with Crippen LogP contribution >= 0.6 is 19.2 Å². The number of nitrogens with zero attached hydrogens (tertiary/aromatic N) is 1. The predicted octanol–water partition coefficient (Wildman–Crippen LogP) is 7.52. The van der Waals surface area contributed by atoms with Crippen molar-refractivity contribution in [3.63, 3.8) is 0 Å². The highest BCUT2D eigenvalue weighted by atomic mass is 32.1. The molecule has 7 heteroatoms. The summed E-state index contributed by atoms with van der Waals surface area (Å²) in [5.74, 6) is 0. The van der Waals surface area contributed by atoms with Crippen LogP contribution in [-0.2, 0) is 26.6 Å². The molecule has 5 nitrogen and oxygen atoms in total. The molecule has 1 unspecified atom stereocenters. The lowest BCUT2D eigenvalue weighted by Crippen LogP contribution is -2.32. The van der Waals surface area contributed by atoms with E-state index in [-0.39, 0.29) is 6.61 Å². The van der Waals surface area contributed by atoms with Gasteiger partial charge in [0.15, 0.2) is 5.69 Å². The molecule has 1 N–H and O–H groups in total. The maximum absolute atomic E-state index is 12.0. The minimum atomic E-state index is -3.93. The highest BCUT2D eigenvalue weighted by Crippen LogP contribution is 2.43. The van der Waals surface area contributed by atoms with Crippen LogP contribution in [0.25, 0.3) is 0 Å². The minimum absolute atomic E-state index is 0.206. The van der Waals surface area contributed by atoms with Gasteiger partial charge in [-0.15, -0.1) is 0 Å². The van der Waals surface area contributed by atoms with Crippen LogP contribution in [0.3, 0.4) is 0 Å². The predicted molar refractivity (Wildman–Crippen MR) is 131 cm³/mol. The monoisotopic (exact) mass is 476 g/mol. The normalized spacial score (nSPS) is 13.5. The molecular formula is C24H47NO4PS+. The van der Waals surface area contributed by atoms with E-state index in [1.807, 2.05) is 0 Å². The molecule has 1 aromatic heterocycles. The Balaban J connectivity index is 1.91. The Morgan fingerprint density at radius 1 is 0.839 bits per heavy atom. The van der Waals surface area contributed by atoms with E-state index >= 15 is 0 Å². The molecule has 0 aliphatic rings. The quantitative estimate of drug-likeness (QED) is 0.113. The Bertz CT molecular complexity index is 608. The second-order valence-electron chi connectivity index (χ2n) is 8.50. The standard InChI is InChI=1S/C24H46NO4PS/c1-4-6-7-8-9-10-11-12-13-14-15-16-17-18-20-28-30(26,27)29-21-19-24-23(3)25(5-2)22-31-24/h22H,4-21H2,1-3H3/p+1. The third-order valence-electron chi connectivity index (χ3n) is 5.83. The molecule has 0 aromatic carbocycles. The molecule has 0 aliphatic heterocycles. The largest absolute Gasteiger partial charge is 0.472 e. The van der Waals surface area contributed by atoms with Gasteiger partial charge in [-0.1, -0.05) is 102 Å². The van der Waals surface area contributed by atoms with Gasteiger partial charge in [0, 0.05) is 13.3 Å². The van der Waals surface area contributed by atoms with E-state index in [9.17, 15) is 9.46 Å². The molecule has 31 heavy (non-hydrogen) atoms. The zero-order valence-electron chi connectivity index (χ0n) is 20.3. The van der Waals surface area contributed by atoms with Crippen molar-refractivity contribution in [3.05, 3.63) is 16.1 Å². The smallest absolute Gasteiger partial charge is 0.302 e. The third kappa shape index (κ3) is 14.5. The first kappa shape index (κ1) is 28.8. The van der Waals surface area contributed by atoms with Crippen molar-refractivity contribution in [1.82, 2.24) is 0 Å². The van der Waals surface area contributed by atoms with Crippen LogP contribution in [0.2, 0.25) is 0 Å². The molecule has 1 aromatic rings. The van der Waals surface area contributed by atoms with Crippen LogP contribution in [0, 0.1) is 6.92 Å². The number of phosphoric ester groups is 1. The number of thiazole rings is 1. The molecule has 0 aliphatic carbocycles. The Morgan fingerprint density at radius 2 is 1.32 bits per heavy atom. The van der Waals surface area contributed by atoms with Crippen molar-refractivity contribution in [3.8, 4) is 0 Å². The number of rotatable bonds is 21. The molecular weight excluding hydrogens is 429 g/mol. The van der Waals surface area contributed by atoms with Crippen molar-refractivity contribution in [2.75, 3.05) is 13.2 Å². The first-order valence-corrected chi connectivity index (χ1v) is 15.0. The van der Waals surface area contributed by atoms with E-state index in [0.717, 1.165) is 19.4 Å². The zero-order chi connectivity index (χ0) is 22.8. The van der Waals surface area contributed by atoms with Gasteiger partial charge in [-0.05, 0) is 13.3 Å². The fourth-order valence-electron chi connectivity index (χ4n) is 3.77. The summed E-state index contributed by atoms with van der Waals surface area (Å²) in [6.07, 6.45) is 18.7. The first-order valence-electron chi connectivity index (χ1n) is 12.6. The molecule has 0 radical (unpaired) electrons. The summed E-state index contributed by atoms with van der Waals surface area (Å²) in [6, 6.07) is 0. The van der Waals surface area contributed by atoms with Gasteiger partial charge < -0.3 is 4.89 Å². The van der Waals surface area contributed by atoms with Gasteiger partial charge in [0.05, 0.1) is 18.1 Å². The van der Waals surface area contributed by atoms with E-state index in [1.54, 1.807) is 11.3 Å².